The van der Waals surface area contributed by atoms with Gasteiger partial charge in [-0.25, -0.2) is 0 Å². The Balaban J connectivity index is 1.64. The molecular formula is C19H26N2O2. The van der Waals surface area contributed by atoms with Crippen molar-refractivity contribution in [2.75, 3.05) is 6.54 Å². The molecule has 0 saturated carbocycles. The lowest BCUT2D eigenvalue weighted by molar-refractivity contribution is 0.0991. The van der Waals surface area contributed by atoms with Gasteiger partial charge < -0.3 is 9.52 Å². The smallest absolute Gasteiger partial charge is 0.132 e. The minimum Gasteiger partial charge on any atom is -0.467 e. The van der Waals surface area contributed by atoms with Gasteiger partial charge in [-0.2, -0.15) is 0 Å². The number of nitrogens with zero attached hydrogens (tertiary/aromatic N) is 2. The summed E-state index contributed by atoms with van der Waals surface area (Å²) in [5.41, 5.74) is 2.27. The molecule has 124 valence electrons. The van der Waals surface area contributed by atoms with Gasteiger partial charge in [-0.1, -0.05) is 19.9 Å². The molecule has 2 aromatic rings. The van der Waals surface area contributed by atoms with Crippen LogP contribution in [0.5, 0.6) is 0 Å². The van der Waals surface area contributed by atoms with Crippen LogP contribution in [0.4, 0.5) is 0 Å². The van der Waals surface area contributed by atoms with Crippen LogP contribution in [0.25, 0.3) is 0 Å². The molecule has 3 heterocycles. The van der Waals surface area contributed by atoms with Crippen LogP contribution in [0.2, 0.25) is 0 Å². The number of hydrogen-bond acceptors (Lipinski definition) is 4. The minimum atomic E-state index is -0.523. The van der Waals surface area contributed by atoms with Crippen LogP contribution in [-0.2, 0) is 6.54 Å². The fraction of sp³-hybridized carbons (Fsp3) is 0.526. The molecule has 2 unspecified atom stereocenters. The minimum absolute atomic E-state index is 0.389. The van der Waals surface area contributed by atoms with Crippen LogP contribution in [0.15, 0.2) is 41.0 Å². The van der Waals surface area contributed by atoms with Crippen LogP contribution < -0.4 is 0 Å². The molecule has 1 aliphatic rings. The zero-order valence-corrected chi connectivity index (χ0v) is 14.0. The number of hydrogen-bond donors (Lipinski definition) is 1. The van der Waals surface area contributed by atoms with E-state index in [1.54, 1.807) is 6.26 Å². The van der Waals surface area contributed by atoms with E-state index >= 15 is 0 Å². The Morgan fingerprint density at radius 1 is 1.30 bits per heavy atom. The second-order valence-corrected chi connectivity index (χ2v) is 6.74. The van der Waals surface area contributed by atoms with Gasteiger partial charge in [-0.3, -0.25) is 9.88 Å². The Morgan fingerprint density at radius 2 is 2.17 bits per heavy atom. The topological polar surface area (TPSA) is 49.5 Å². The molecule has 1 saturated heterocycles. The summed E-state index contributed by atoms with van der Waals surface area (Å²) < 4.78 is 5.32. The summed E-state index contributed by atoms with van der Waals surface area (Å²) in [5.74, 6) is 1.11. The SMILES string of the molecule is CC(C)c1cccc(CN2CCCC2CC(O)c2ccco2)n1. The number of aliphatic hydroxyl groups excluding tert-OH is 1. The van der Waals surface area contributed by atoms with E-state index in [4.69, 9.17) is 9.40 Å². The first-order chi connectivity index (χ1) is 11.1. The molecule has 1 fully saturated rings. The fourth-order valence-electron chi connectivity index (χ4n) is 3.34. The molecule has 1 N–H and O–H groups in total. The summed E-state index contributed by atoms with van der Waals surface area (Å²) >= 11 is 0. The maximum Gasteiger partial charge on any atom is 0.132 e. The molecule has 4 heteroatoms. The molecule has 0 aliphatic carbocycles. The third kappa shape index (κ3) is 4.01. The van der Waals surface area contributed by atoms with E-state index in [1.165, 1.54) is 6.42 Å². The first-order valence-electron chi connectivity index (χ1n) is 8.55. The number of aliphatic hydroxyl groups is 1. The van der Waals surface area contributed by atoms with Crippen LogP contribution >= 0.6 is 0 Å². The van der Waals surface area contributed by atoms with E-state index in [0.29, 0.717) is 17.7 Å². The van der Waals surface area contributed by atoms with Gasteiger partial charge >= 0.3 is 0 Å². The highest BCUT2D eigenvalue weighted by Crippen LogP contribution is 2.28. The normalized spacial score (nSPS) is 20.3. The van der Waals surface area contributed by atoms with Crippen LogP contribution in [0, 0.1) is 0 Å². The summed E-state index contributed by atoms with van der Waals surface area (Å²) in [7, 11) is 0. The van der Waals surface area contributed by atoms with Crippen molar-refractivity contribution in [1.29, 1.82) is 0 Å². The molecular weight excluding hydrogens is 288 g/mol. The molecule has 1 aliphatic heterocycles. The van der Waals surface area contributed by atoms with Crippen molar-refractivity contribution in [3.8, 4) is 0 Å². The van der Waals surface area contributed by atoms with E-state index in [-0.39, 0.29) is 0 Å². The van der Waals surface area contributed by atoms with Gasteiger partial charge in [-0.15, -0.1) is 0 Å². The lowest BCUT2D eigenvalue weighted by Gasteiger charge is -2.25. The molecule has 0 bridgehead atoms. The Hall–Kier alpha value is -1.65. The van der Waals surface area contributed by atoms with Gasteiger partial charge in [0.25, 0.3) is 0 Å². The average molecular weight is 314 g/mol. The Bertz CT molecular complexity index is 610. The largest absolute Gasteiger partial charge is 0.467 e. The van der Waals surface area contributed by atoms with Gasteiger partial charge in [0.15, 0.2) is 0 Å². The maximum absolute atomic E-state index is 10.3. The first kappa shape index (κ1) is 16.2. The molecule has 0 radical (unpaired) electrons. The van der Waals surface area contributed by atoms with Crippen molar-refractivity contribution < 1.29 is 9.52 Å². The average Bonchev–Trinajstić information content (AvgIpc) is 3.20. The van der Waals surface area contributed by atoms with Crippen molar-refractivity contribution in [3.05, 3.63) is 53.7 Å². The van der Waals surface area contributed by atoms with Crippen molar-refractivity contribution in [3.63, 3.8) is 0 Å². The Kier molecular flexibility index (Phi) is 5.13. The number of pyridine rings is 1. The molecule has 23 heavy (non-hydrogen) atoms. The summed E-state index contributed by atoms with van der Waals surface area (Å²) in [6.45, 7) is 6.27. The van der Waals surface area contributed by atoms with Gasteiger partial charge in [0.05, 0.1) is 12.0 Å². The lowest BCUT2D eigenvalue weighted by Crippen LogP contribution is -2.30. The van der Waals surface area contributed by atoms with Gasteiger partial charge in [0.1, 0.15) is 11.9 Å². The van der Waals surface area contributed by atoms with Gasteiger partial charge in [0.2, 0.25) is 0 Å². The molecule has 2 aromatic heterocycles. The molecule has 4 nitrogen and oxygen atoms in total. The quantitative estimate of drug-likeness (QED) is 0.879. The summed E-state index contributed by atoms with van der Waals surface area (Å²) in [6, 6.07) is 10.4. The summed E-state index contributed by atoms with van der Waals surface area (Å²) in [4.78, 5) is 7.22. The van der Waals surface area contributed by atoms with Crippen LogP contribution in [-0.4, -0.2) is 27.6 Å². The highest BCUT2D eigenvalue weighted by atomic mass is 16.4. The first-order valence-corrected chi connectivity index (χ1v) is 8.55. The van der Waals surface area contributed by atoms with Gasteiger partial charge in [0, 0.05) is 18.3 Å². The van der Waals surface area contributed by atoms with E-state index in [2.05, 4.69) is 36.9 Å². The molecule has 0 aromatic carbocycles. The Morgan fingerprint density at radius 3 is 2.91 bits per heavy atom. The Labute approximate surface area is 138 Å². The molecule has 0 spiro atoms. The summed E-state index contributed by atoms with van der Waals surface area (Å²) in [6.07, 6.45) is 4.12. The number of aromatic nitrogens is 1. The third-order valence-corrected chi connectivity index (χ3v) is 4.65. The van der Waals surface area contributed by atoms with E-state index < -0.39 is 6.10 Å². The van der Waals surface area contributed by atoms with Crippen molar-refractivity contribution in [2.24, 2.45) is 0 Å². The maximum atomic E-state index is 10.3. The monoisotopic (exact) mass is 314 g/mol. The highest BCUT2D eigenvalue weighted by molar-refractivity contribution is 5.14. The van der Waals surface area contributed by atoms with Crippen molar-refractivity contribution >= 4 is 0 Å². The fourth-order valence-corrected chi connectivity index (χ4v) is 3.34. The molecule has 0 amide bonds. The van der Waals surface area contributed by atoms with Crippen molar-refractivity contribution in [1.82, 2.24) is 9.88 Å². The number of rotatable bonds is 6. The second-order valence-electron chi connectivity index (χ2n) is 6.74. The highest BCUT2D eigenvalue weighted by Gasteiger charge is 2.28. The number of furan rings is 1. The van der Waals surface area contributed by atoms with Gasteiger partial charge in [-0.05, 0) is 56.0 Å². The summed E-state index contributed by atoms with van der Waals surface area (Å²) in [5, 5.41) is 10.3. The van der Waals surface area contributed by atoms with Crippen molar-refractivity contribution in [2.45, 2.75) is 57.7 Å². The van der Waals surface area contributed by atoms with E-state index in [1.807, 2.05) is 12.1 Å². The zero-order valence-electron chi connectivity index (χ0n) is 14.0. The van der Waals surface area contributed by atoms with Crippen LogP contribution in [0.3, 0.4) is 0 Å². The molecule has 2 atom stereocenters. The molecule has 3 rings (SSSR count). The van der Waals surface area contributed by atoms with Crippen LogP contribution in [0.1, 0.15) is 62.3 Å². The predicted molar refractivity (Wildman–Crippen MR) is 90.0 cm³/mol. The third-order valence-electron chi connectivity index (χ3n) is 4.65. The zero-order chi connectivity index (χ0) is 16.2. The lowest BCUT2D eigenvalue weighted by atomic mass is 10.0. The second kappa shape index (κ2) is 7.28. The predicted octanol–water partition coefficient (Wildman–Crippen LogP) is 3.89. The standard InChI is InChI=1S/C19H26N2O2/c1-14(2)17-8-3-6-15(20-17)13-21-10-4-7-16(21)12-18(22)19-9-5-11-23-19/h3,5-6,8-9,11,14,16,18,22H,4,7,10,12-13H2,1-2H3. The van der Waals surface area contributed by atoms with E-state index in [9.17, 15) is 5.11 Å². The number of likely N-dealkylation sites (tertiary alicyclic amines) is 1. The van der Waals surface area contributed by atoms with E-state index in [0.717, 1.165) is 37.3 Å².